The number of rotatable bonds is 3. The van der Waals surface area contributed by atoms with Crippen LogP contribution in [0.4, 0.5) is 0 Å². The van der Waals surface area contributed by atoms with Crippen molar-refractivity contribution in [2.24, 2.45) is 4.99 Å². The van der Waals surface area contributed by atoms with Crippen LogP contribution in [-0.2, 0) is 0 Å². The Labute approximate surface area is 114 Å². The van der Waals surface area contributed by atoms with Crippen molar-refractivity contribution >= 4 is 16.9 Å². The molecule has 2 atom stereocenters. The highest BCUT2D eigenvalue weighted by Gasteiger charge is 2.27. The van der Waals surface area contributed by atoms with Crippen LogP contribution in [-0.4, -0.2) is 16.5 Å². The van der Waals surface area contributed by atoms with Gasteiger partial charge in [-0.15, -0.1) is 0 Å². The molecule has 1 aliphatic heterocycles. The molecule has 1 heterocycles. The zero-order valence-electron chi connectivity index (χ0n) is 11.4. The molecule has 98 valence electrons. The van der Waals surface area contributed by atoms with Crippen LogP contribution in [0.5, 0.6) is 0 Å². The van der Waals surface area contributed by atoms with Crippen molar-refractivity contribution in [3.63, 3.8) is 0 Å². The third kappa shape index (κ3) is 3.29. The predicted molar refractivity (Wildman–Crippen MR) is 81.2 cm³/mol. The Morgan fingerprint density at radius 3 is 2.78 bits per heavy atom. The van der Waals surface area contributed by atoms with E-state index < -0.39 is 0 Å². The van der Waals surface area contributed by atoms with Gasteiger partial charge in [0.1, 0.15) is 0 Å². The average Bonchev–Trinajstić information content (AvgIpc) is 2.40. The average molecular weight is 262 g/mol. The maximum atomic E-state index is 4.82. The minimum atomic E-state index is 0.223. The van der Waals surface area contributed by atoms with Crippen LogP contribution in [0, 0.1) is 0 Å². The zero-order valence-corrected chi connectivity index (χ0v) is 12.3. The third-order valence-electron chi connectivity index (χ3n) is 3.67. The van der Waals surface area contributed by atoms with Gasteiger partial charge in [0.05, 0.1) is 6.04 Å². The highest BCUT2D eigenvalue weighted by Crippen LogP contribution is 2.27. The molecule has 1 aromatic rings. The summed E-state index contributed by atoms with van der Waals surface area (Å²) in [6.07, 6.45) is 2.36. The number of benzene rings is 1. The van der Waals surface area contributed by atoms with E-state index in [0.29, 0.717) is 0 Å². The molecule has 0 aromatic heterocycles. The second kappa shape index (κ2) is 5.79. The lowest BCUT2D eigenvalue weighted by atomic mass is 9.96. The van der Waals surface area contributed by atoms with Crippen LogP contribution in [0.25, 0.3) is 0 Å². The Morgan fingerprint density at radius 2 is 2.11 bits per heavy atom. The molecule has 2 nitrogen and oxygen atoms in total. The van der Waals surface area contributed by atoms with E-state index in [2.05, 4.69) is 50.4 Å². The van der Waals surface area contributed by atoms with E-state index in [1.807, 2.05) is 17.8 Å². The van der Waals surface area contributed by atoms with Crippen LogP contribution >= 0.6 is 11.8 Å². The summed E-state index contributed by atoms with van der Waals surface area (Å²) in [5.74, 6) is 1.16. The lowest BCUT2D eigenvalue weighted by Gasteiger charge is -2.35. The van der Waals surface area contributed by atoms with Gasteiger partial charge in [-0.1, -0.05) is 49.0 Å². The fraction of sp³-hybridized carbons (Fsp3) is 0.533. The Kier molecular flexibility index (Phi) is 4.33. The summed E-state index contributed by atoms with van der Waals surface area (Å²) < 4.78 is 0. The Bertz CT molecular complexity index is 416. The predicted octanol–water partition coefficient (Wildman–Crippen LogP) is 4.00. The molecule has 1 aliphatic rings. The zero-order chi connectivity index (χ0) is 13.0. The minimum absolute atomic E-state index is 0.223. The molecule has 1 N–H and O–H groups in total. The van der Waals surface area contributed by atoms with Gasteiger partial charge in [0, 0.05) is 11.3 Å². The van der Waals surface area contributed by atoms with Gasteiger partial charge in [0.15, 0.2) is 5.17 Å². The molecule has 1 saturated heterocycles. The molecular weight excluding hydrogens is 240 g/mol. The third-order valence-corrected chi connectivity index (χ3v) is 4.56. The molecule has 2 unspecified atom stereocenters. The summed E-state index contributed by atoms with van der Waals surface area (Å²) in [7, 11) is 0. The largest absolute Gasteiger partial charge is 0.360 e. The monoisotopic (exact) mass is 262 g/mol. The minimum Gasteiger partial charge on any atom is -0.360 e. The fourth-order valence-electron chi connectivity index (χ4n) is 2.05. The lowest BCUT2D eigenvalue weighted by Crippen LogP contribution is -2.48. The van der Waals surface area contributed by atoms with Crippen LogP contribution in [0.2, 0.25) is 0 Å². The Morgan fingerprint density at radius 1 is 1.39 bits per heavy atom. The molecule has 1 fully saturated rings. The van der Waals surface area contributed by atoms with Crippen molar-refractivity contribution in [2.45, 2.75) is 45.2 Å². The molecule has 18 heavy (non-hydrogen) atoms. The summed E-state index contributed by atoms with van der Waals surface area (Å²) in [5.41, 5.74) is 1.50. The fourth-order valence-corrected chi connectivity index (χ4v) is 3.34. The van der Waals surface area contributed by atoms with Gasteiger partial charge in [-0.3, -0.25) is 4.99 Å². The SMILES string of the molecule is CCC1(C)CCSC(=NC(C)c2ccccc2)N1. The molecule has 1 aromatic carbocycles. The number of thioether (sulfide) groups is 1. The summed E-state index contributed by atoms with van der Waals surface area (Å²) in [5, 5.41) is 4.69. The van der Waals surface area contributed by atoms with Crippen molar-refractivity contribution in [3.8, 4) is 0 Å². The van der Waals surface area contributed by atoms with E-state index in [4.69, 9.17) is 4.99 Å². The standard InChI is InChI=1S/C15H22N2S/c1-4-15(3)10-11-18-14(17-15)16-12(2)13-8-6-5-7-9-13/h5-9,12H,4,10-11H2,1-3H3,(H,16,17). The van der Waals surface area contributed by atoms with Gasteiger partial charge in [-0.25, -0.2) is 0 Å². The number of hydrogen-bond acceptors (Lipinski definition) is 2. The number of nitrogens with zero attached hydrogens (tertiary/aromatic N) is 1. The molecule has 0 amide bonds. The van der Waals surface area contributed by atoms with E-state index in [1.165, 1.54) is 12.0 Å². The molecule has 0 radical (unpaired) electrons. The van der Waals surface area contributed by atoms with Gasteiger partial charge < -0.3 is 5.32 Å². The first kappa shape index (κ1) is 13.5. The molecule has 3 heteroatoms. The van der Waals surface area contributed by atoms with E-state index in [1.54, 1.807) is 0 Å². The van der Waals surface area contributed by atoms with Crippen molar-refractivity contribution < 1.29 is 0 Å². The van der Waals surface area contributed by atoms with Crippen LogP contribution in [0.15, 0.2) is 35.3 Å². The quantitative estimate of drug-likeness (QED) is 0.890. The molecule has 0 spiro atoms. The smallest absolute Gasteiger partial charge is 0.157 e. The number of aliphatic imine (C=N–C) groups is 1. The first-order valence-corrected chi connectivity index (χ1v) is 7.65. The van der Waals surface area contributed by atoms with Crippen molar-refractivity contribution in [2.75, 3.05) is 5.75 Å². The van der Waals surface area contributed by atoms with Crippen molar-refractivity contribution in [1.82, 2.24) is 5.32 Å². The second-order valence-corrected chi connectivity index (χ2v) is 6.24. The van der Waals surface area contributed by atoms with Gasteiger partial charge in [-0.05, 0) is 32.3 Å². The Hall–Kier alpha value is -0.960. The summed E-state index contributed by atoms with van der Waals surface area (Å²) in [4.78, 5) is 4.82. The summed E-state index contributed by atoms with van der Waals surface area (Å²) in [6, 6.07) is 10.7. The van der Waals surface area contributed by atoms with Crippen LogP contribution < -0.4 is 5.32 Å². The molecule has 0 saturated carbocycles. The second-order valence-electron chi connectivity index (χ2n) is 5.16. The summed E-state index contributed by atoms with van der Waals surface area (Å²) >= 11 is 1.84. The van der Waals surface area contributed by atoms with Gasteiger partial charge in [0.25, 0.3) is 0 Å². The summed E-state index contributed by atoms with van der Waals surface area (Å²) in [6.45, 7) is 6.68. The molecular formula is C15H22N2S. The lowest BCUT2D eigenvalue weighted by molar-refractivity contribution is 0.389. The molecule has 0 aliphatic carbocycles. The van der Waals surface area contributed by atoms with E-state index in [9.17, 15) is 0 Å². The Balaban J connectivity index is 2.09. The van der Waals surface area contributed by atoms with Crippen molar-refractivity contribution in [3.05, 3.63) is 35.9 Å². The number of nitrogens with one attached hydrogen (secondary N) is 1. The first-order chi connectivity index (χ1) is 8.63. The van der Waals surface area contributed by atoms with E-state index >= 15 is 0 Å². The number of amidine groups is 1. The van der Waals surface area contributed by atoms with E-state index in [-0.39, 0.29) is 11.6 Å². The maximum absolute atomic E-state index is 4.82. The van der Waals surface area contributed by atoms with Gasteiger partial charge >= 0.3 is 0 Å². The van der Waals surface area contributed by atoms with Crippen LogP contribution in [0.1, 0.15) is 45.2 Å². The van der Waals surface area contributed by atoms with Crippen LogP contribution in [0.3, 0.4) is 0 Å². The first-order valence-electron chi connectivity index (χ1n) is 6.67. The van der Waals surface area contributed by atoms with Gasteiger partial charge in [0.2, 0.25) is 0 Å². The molecule has 0 bridgehead atoms. The maximum Gasteiger partial charge on any atom is 0.157 e. The molecule has 2 rings (SSSR count). The van der Waals surface area contributed by atoms with Gasteiger partial charge in [-0.2, -0.15) is 0 Å². The topological polar surface area (TPSA) is 24.4 Å². The number of hydrogen-bond donors (Lipinski definition) is 1. The van der Waals surface area contributed by atoms with Crippen molar-refractivity contribution in [1.29, 1.82) is 0 Å². The highest BCUT2D eigenvalue weighted by atomic mass is 32.2. The normalized spacial score (nSPS) is 27.8. The van der Waals surface area contributed by atoms with E-state index in [0.717, 1.165) is 17.3 Å². The highest BCUT2D eigenvalue weighted by molar-refractivity contribution is 8.13.